The van der Waals surface area contributed by atoms with E-state index in [0.29, 0.717) is 37.7 Å². The second-order valence-electron chi connectivity index (χ2n) is 2.68. The molecule has 1 heterocycles. The van der Waals surface area contributed by atoms with Gasteiger partial charge in [-0.1, -0.05) is 10.3 Å². The molecule has 0 radical (unpaired) electrons. The molecule has 0 aliphatic heterocycles. The van der Waals surface area contributed by atoms with Crippen molar-refractivity contribution in [2.24, 2.45) is 0 Å². The van der Waals surface area contributed by atoms with Crippen LogP contribution in [0.2, 0.25) is 0 Å². The van der Waals surface area contributed by atoms with E-state index in [4.69, 9.17) is 26.8 Å². The van der Waals surface area contributed by atoms with Crippen LogP contribution in [0.1, 0.15) is 0 Å². The van der Waals surface area contributed by atoms with E-state index in [1.807, 2.05) is 0 Å². The minimum absolute atomic E-state index is 0.0367. The molecule has 1 aromatic rings. The van der Waals surface area contributed by atoms with Crippen LogP contribution in [-0.2, 0) is 16.0 Å². The summed E-state index contributed by atoms with van der Waals surface area (Å²) in [6.07, 6.45) is 0. The standard InChI is InChI=1S/C7H14N4O3S/c12-2-4-14-6-5-13-3-1-11-7(15)8-9-10-11/h12H,1-6H2,(H,8,10,15). The summed E-state index contributed by atoms with van der Waals surface area (Å²) in [6.45, 7) is 2.46. The van der Waals surface area contributed by atoms with Gasteiger partial charge in [0.2, 0.25) is 4.77 Å². The van der Waals surface area contributed by atoms with Crippen LogP contribution in [0.4, 0.5) is 0 Å². The third-order valence-electron chi connectivity index (χ3n) is 1.60. The number of nitrogens with zero attached hydrogens (tertiary/aromatic N) is 3. The molecule has 0 saturated heterocycles. The maximum atomic E-state index is 8.43. The number of ether oxygens (including phenoxy) is 2. The van der Waals surface area contributed by atoms with Gasteiger partial charge in [0.05, 0.1) is 39.6 Å². The fourth-order valence-electron chi connectivity index (χ4n) is 0.904. The Morgan fingerprint density at radius 1 is 1.27 bits per heavy atom. The summed E-state index contributed by atoms with van der Waals surface area (Å²) in [7, 11) is 0. The third-order valence-corrected chi connectivity index (χ3v) is 1.90. The van der Waals surface area contributed by atoms with E-state index in [1.54, 1.807) is 4.68 Å². The minimum atomic E-state index is 0.0367. The first kappa shape index (κ1) is 12.2. The summed E-state index contributed by atoms with van der Waals surface area (Å²) in [5.41, 5.74) is 0. The molecule has 8 heteroatoms. The maximum absolute atomic E-state index is 8.43. The third kappa shape index (κ3) is 4.98. The minimum Gasteiger partial charge on any atom is -0.394 e. The highest BCUT2D eigenvalue weighted by Gasteiger charge is 1.95. The number of aliphatic hydroxyl groups excluding tert-OH is 1. The van der Waals surface area contributed by atoms with Gasteiger partial charge in [-0.3, -0.25) is 0 Å². The number of aliphatic hydroxyl groups is 1. The zero-order valence-electron chi connectivity index (χ0n) is 8.26. The Labute approximate surface area is 92.0 Å². The van der Waals surface area contributed by atoms with Gasteiger partial charge in [0.25, 0.3) is 0 Å². The van der Waals surface area contributed by atoms with Crippen molar-refractivity contribution in [1.29, 1.82) is 0 Å². The Hall–Kier alpha value is -0.830. The molecule has 0 amide bonds. The van der Waals surface area contributed by atoms with Gasteiger partial charge in [-0.2, -0.15) is 5.21 Å². The Bertz CT molecular complexity index is 313. The first-order valence-electron chi connectivity index (χ1n) is 4.59. The number of nitrogens with one attached hydrogen (secondary N) is 1. The number of aromatic nitrogens is 4. The number of aromatic amines is 1. The largest absolute Gasteiger partial charge is 0.394 e. The summed E-state index contributed by atoms with van der Waals surface area (Å²) in [5, 5.41) is 18.2. The van der Waals surface area contributed by atoms with Crippen LogP contribution in [0, 0.1) is 4.77 Å². The Morgan fingerprint density at radius 2 is 2.00 bits per heavy atom. The predicted molar refractivity (Wildman–Crippen MR) is 53.9 cm³/mol. The second kappa shape index (κ2) is 7.46. The highest BCUT2D eigenvalue weighted by molar-refractivity contribution is 7.71. The summed E-state index contributed by atoms with van der Waals surface area (Å²) in [6, 6.07) is 0. The fourth-order valence-corrected chi connectivity index (χ4v) is 1.08. The number of hydrogen-bond donors (Lipinski definition) is 2. The van der Waals surface area contributed by atoms with Crippen molar-refractivity contribution in [3.05, 3.63) is 4.77 Å². The molecule has 0 aliphatic rings. The number of hydrogen-bond acceptors (Lipinski definition) is 6. The number of rotatable bonds is 8. The van der Waals surface area contributed by atoms with Gasteiger partial charge in [0, 0.05) is 0 Å². The topological polar surface area (TPSA) is 85.2 Å². The first-order valence-corrected chi connectivity index (χ1v) is 4.99. The summed E-state index contributed by atoms with van der Waals surface area (Å²) >= 11 is 4.87. The van der Waals surface area contributed by atoms with Crippen LogP contribution in [0.3, 0.4) is 0 Å². The molecule has 7 nitrogen and oxygen atoms in total. The average Bonchev–Trinajstić information content (AvgIpc) is 2.63. The monoisotopic (exact) mass is 234 g/mol. The van der Waals surface area contributed by atoms with Gasteiger partial charge in [-0.15, -0.1) is 0 Å². The second-order valence-corrected chi connectivity index (χ2v) is 3.05. The zero-order valence-corrected chi connectivity index (χ0v) is 9.07. The smallest absolute Gasteiger partial charge is 0.238 e. The van der Waals surface area contributed by atoms with Crippen molar-refractivity contribution in [2.75, 3.05) is 33.0 Å². The van der Waals surface area contributed by atoms with Gasteiger partial charge in [-0.25, -0.2) is 4.68 Å². The molecule has 2 N–H and O–H groups in total. The molecule has 0 fully saturated rings. The molecule has 0 unspecified atom stereocenters. The van der Waals surface area contributed by atoms with E-state index in [0.717, 1.165) is 0 Å². The molecule has 0 saturated carbocycles. The Balaban J connectivity index is 1.98. The molecule has 1 rings (SSSR count). The zero-order chi connectivity index (χ0) is 10.9. The molecule has 1 aromatic heterocycles. The van der Waals surface area contributed by atoms with Crippen LogP contribution < -0.4 is 0 Å². The van der Waals surface area contributed by atoms with E-state index >= 15 is 0 Å². The van der Waals surface area contributed by atoms with E-state index in [-0.39, 0.29) is 6.61 Å². The number of tetrazole rings is 1. The lowest BCUT2D eigenvalue weighted by atomic mass is 10.6. The Kier molecular flexibility index (Phi) is 6.09. The lowest BCUT2D eigenvalue weighted by Crippen LogP contribution is -2.12. The van der Waals surface area contributed by atoms with Crippen molar-refractivity contribution >= 4 is 12.2 Å². The van der Waals surface area contributed by atoms with Gasteiger partial charge < -0.3 is 14.6 Å². The Morgan fingerprint density at radius 3 is 2.60 bits per heavy atom. The van der Waals surface area contributed by atoms with Crippen LogP contribution >= 0.6 is 12.2 Å². The first-order chi connectivity index (χ1) is 7.34. The molecular weight excluding hydrogens is 220 g/mol. The fraction of sp³-hybridized carbons (Fsp3) is 0.857. The molecule has 0 spiro atoms. The summed E-state index contributed by atoms with van der Waals surface area (Å²) < 4.78 is 12.3. The molecule has 15 heavy (non-hydrogen) atoms. The molecule has 0 bridgehead atoms. The summed E-state index contributed by atoms with van der Waals surface area (Å²) in [5.74, 6) is 0. The van der Waals surface area contributed by atoms with E-state index in [1.165, 1.54) is 0 Å². The lowest BCUT2D eigenvalue weighted by molar-refractivity contribution is 0.0302. The highest BCUT2D eigenvalue weighted by atomic mass is 32.1. The maximum Gasteiger partial charge on any atom is 0.238 e. The highest BCUT2D eigenvalue weighted by Crippen LogP contribution is 1.85. The van der Waals surface area contributed by atoms with Crippen molar-refractivity contribution in [3.8, 4) is 0 Å². The van der Waals surface area contributed by atoms with Crippen molar-refractivity contribution in [3.63, 3.8) is 0 Å². The van der Waals surface area contributed by atoms with Gasteiger partial charge >= 0.3 is 0 Å². The predicted octanol–water partition coefficient (Wildman–Crippen LogP) is -0.639. The van der Waals surface area contributed by atoms with Crippen LogP contribution in [0.25, 0.3) is 0 Å². The molecule has 0 atom stereocenters. The van der Waals surface area contributed by atoms with Gasteiger partial charge in [-0.05, 0) is 12.2 Å². The van der Waals surface area contributed by atoms with Gasteiger partial charge in [0.1, 0.15) is 0 Å². The van der Waals surface area contributed by atoms with Crippen molar-refractivity contribution in [2.45, 2.75) is 6.54 Å². The number of H-pyrrole nitrogens is 1. The van der Waals surface area contributed by atoms with Crippen LogP contribution in [0.15, 0.2) is 0 Å². The van der Waals surface area contributed by atoms with Crippen molar-refractivity contribution < 1.29 is 14.6 Å². The quantitative estimate of drug-likeness (QED) is 0.460. The SMILES string of the molecule is OCCOCCOCCn1[nH]nnc1=S. The molecule has 0 aromatic carbocycles. The van der Waals surface area contributed by atoms with E-state index in [2.05, 4.69) is 15.5 Å². The van der Waals surface area contributed by atoms with Crippen molar-refractivity contribution in [1.82, 2.24) is 20.2 Å². The van der Waals surface area contributed by atoms with E-state index < -0.39 is 0 Å². The molecule has 86 valence electrons. The lowest BCUT2D eigenvalue weighted by Gasteiger charge is -2.04. The normalized spacial score (nSPS) is 10.7. The van der Waals surface area contributed by atoms with Crippen LogP contribution in [0.5, 0.6) is 0 Å². The van der Waals surface area contributed by atoms with Gasteiger partial charge in [0.15, 0.2) is 0 Å². The molecule has 0 aliphatic carbocycles. The van der Waals surface area contributed by atoms with Crippen LogP contribution in [-0.4, -0.2) is 58.3 Å². The average molecular weight is 234 g/mol. The molecular formula is C7H14N4O3S. The summed E-state index contributed by atoms with van der Waals surface area (Å²) in [4.78, 5) is 0. The van der Waals surface area contributed by atoms with E-state index in [9.17, 15) is 0 Å².